The first kappa shape index (κ1) is 18.6. The van der Waals surface area contributed by atoms with E-state index >= 15 is 0 Å². The molecule has 0 bridgehead atoms. The largest absolute Gasteiger partial charge is 0.481 e. The van der Waals surface area contributed by atoms with Crippen molar-refractivity contribution in [2.24, 2.45) is 14.1 Å². The molecule has 0 radical (unpaired) electrons. The molecular formula is C18H19N7O4. The number of aromatic nitrogens is 5. The Hall–Kier alpha value is -3.76. The average molecular weight is 397 g/mol. The molecule has 1 atom stereocenters. The Labute approximate surface area is 165 Å². The van der Waals surface area contributed by atoms with Crippen LogP contribution in [-0.4, -0.2) is 48.9 Å². The van der Waals surface area contributed by atoms with E-state index in [9.17, 15) is 14.4 Å². The lowest BCUT2D eigenvalue weighted by atomic mass is 9.93. The maximum absolute atomic E-state index is 12.3. The minimum atomic E-state index is -0.508. The van der Waals surface area contributed by atoms with Gasteiger partial charge in [0.15, 0.2) is 6.61 Å². The summed E-state index contributed by atoms with van der Waals surface area (Å²) >= 11 is 0. The molecule has 3 heterocycles. The maximum atomic E-state index is 12.3. The standard InChI is InChI=1S/C18H19N7O4/c1-24-16-10(15(23-24)11-6-7-13(26)21-17(11)28)4-3-5-12(16)29-8-14(27)22-18-19-9-20-25(18)2/h3-5,9,11H,6-8H2,1-2H3,(H,21,26,28)(H,19,20,22,27). The van der Waals surface area contributed by atoms with Gasteiger partial charge in [-0.3, -0.25) is 29.7 Å². The van der Waals surface area contributed by atoms with Gasteiger partial charge in [-0.2, -0.15) is 15.2 Å². The molecular weight excluding hydrogens is 378 g/mol. The van der Waals surface area contributed by atoms with E-state index in [4.69, 9.17) is 4.74 Å². The highest BCUT2D eigenvalue weighted by molar-refractivity contribution is 6.03. The molecule has 11 nitrogen and oxygen atoms in total. The van der Waals surface area contributed by atoms with Crippen molar-refractivity contribution in [3.8, 4) is 5.75 Å². The molecule has 3 aromatic rings. The summed E-state index contributed by atoms with van der Waals surface area (Å²) in [5.74, 6) is -0.738. The maximum Gasteiger partial charge on any atom is 0.264 e. The molecule has 11 heteroatoms. The highest BCUT2D eigenvalue weighted by Gasteiger charge is 2.32. The molecule has 29 heavy (non-hydrogen) atoms. The summed E-state index contributed by atoms with van der Waals surface area (Å²) in [4.78, 5) is 39.8. The molecule has 1 unspecified atom stereocenters. The van der Waals surface area contributed by atoms with Crippen molar-refractivity contribution < 1.29 is 19.1 Å². The number of hydrogen-bond donors (Lipinski definition) is 2. The summed E-state index contributed by atoms with van der Waals surface area (Å²) in [6.45, 7) is -0.231. The van der Waals surface area contributed by atoms with Crippen LogP contribution in [0, 0.1) is 0 Å². The molecule has 2 N–H and O–H groups in total. The number of carbonyl (C=O) groups is 3. The molecule has 1 aliphatic rings. The van der Waals surface area contributed by atoms with Crippen molar-refractivity contribution >= 4 is 34.6 Å². The lowest BCUT2D eigenvalue weighted by Crippen LogP contribution is -2.39. The number of nitrogens with one attached hydrogen (secondary N) is 2. The minimum Gasteiger partial charge on any atom is -0.481 e. The Bertz CT molecular complexity index is 1120. The zero-order valence-electron chi connectivity index (χ0n) is 15.9. The number of ether oxygens (including phenoxy) is 1. The second kappa shape index (κ2) is 7.34. The zero-order valence-corrected chi connectivity index (χ0v) is 15.9. The molecule has 0 saturated carbocycles. The lowest BCUT2D eigenvalue weighted by molar-refractivity contribution is -0.134. The van der Waals surface area contributed by atoms with E-state index in [1.165, 1.54) is 11.0 Å². The van der Waals surface area contributed by atoms with Gasteiger partial charge in [-0.15, -0.1) is 0 Å². The van der Waals surface area contributed by atoms with Crippen LogP contribution in [0.2, 0.25) is 0 Å². The fraction of sp³-hybridized carbons (Fsp3) is 0.333. The van der Waals surface area contributed by atoms with E-state index in [0.29, 0.717) is 29.3 Å². The highest BCUT2D eigenvalue weighted by atomic mass is 16.5. The molecule has 150 valence electrons. The second-order valence-electron chi connectivity index (χ2n) is 6.71. The molecule has 2 aromatic heterocycles. The van der Waals surface area contributed by atoms with Crippen LogP contribution in [0.15, 0.2) is 24.5 Å². The molecule has 4 rings (SSSR count). The Morgan fingerprint density at radius 1 is 1.31 bits per heavy atom. The first-order valence-electron chi connectivity index (χ1n) is 9.00. The smallest absolute Gasteiger partial charge is 0.264 e. The lowest BCUT2D eigenvalue weighted by Gasteiger charge is -2.19. The van der Waals surface area contributed by atoms with Crippen LogP contribution in [0.5, 0.6) is 5.75 Å². The van der Waals surface area contributed by atoms with Crippen molar-refractivity contribution in [1.82, 2.24) is 29.9 Å². The number of piperidine rings is 1. The predicted octanol–water partition coefficient (Wildman–Crippen LogP) is 0.239. The number of carbonyl (C=O) groups excluding carboxylic acids is 3. The van der Waals surface area contributed by atoms with E-state index in [1.54, 1.807) is 30.9 Å². The monoisotopic (exact) mass is 397 g/mol. The van der Waals surface area contributed by atoms with Gasteiger partial charge >= 0.3 is 0 Å². The number of anilines is 1. The molecule has 0 spiro atoms. The average Bonchev–Trinajstić information content (AvgIpc) is 3.24. The summed E-state index contributed by atoms with van der Waals surface area (Å²) < 4.78 is 8.76. The number of benzene rings is 1. The van der Waals surface area contributed by atoms with Crippen molar-refractivity contribution in [2.45, 2.75) is 18.8 Å². The van der Waals surface area contributed by atoms with Gasteiger partial charge in [-0.05, 0) is 12.5 Å². The van der Waals surface area contributed by atoms with Crippen molar-refractivity contribution in [3.63, 3.8) is 0 Å². The van der Waals surface area contributed by atoms with Crippen LogP contribution in [0.25, 0.3) is 10.9 Å². The van der Waals surface area contributed by atoms with Gasteiger partial charge in [0.05, 0.1) is 11.6 Å². The van der Waals surface area contributed by atoms with Gasteiger partial charge in [0.1, 0.15) is 17.6 Å². The first-order chi connectivity index (χ1) is 13.9. The number of aryl methyl sites for hydroxylation is 2. The highest BCUT2D eigenvalue weighted by Crippen LogP contribution is 2.34. The van der Waals surface area contributed by atoms with Gasteiger partial charge in [0.25, 0.3) is 5.91 Å². The Balaban J connectivity index is 1.56. The topological polar surface area (TPSA) is 133 Å². The van der Waals surface area contributed by atoms with Gasteiger partial charge in [0.2, 0.25) is 17.8 Å². The van der Waals surface area contributed by atoms with Crippen molar-refractivity contribution in [2.75, 3.05) is 11.9 Å². The molecule has 1 aliphatic heterocycles. The summed E-state index contributed by atoms with van der Waals surface area (Å²) in [5, 5.41) is 14.1. The first-order valence-corrected chi connectivity index (χ1v) is 9.00. The fourth-order valence-electron chi connectivity index (χ4n) is 3.37. The van der Waals surface area contributed by atoms with Crippen molar-refractivity contribution in [3.05, 3.63) is 30.2 Å². The molecule has 1 saturated heterocycles. The number of hydrogen-bond acceptors (Lipinski definition) is 7. The summed E-state index contributed by atoms with van der Waals surface area (Å²) in [5.41, 5.74) is 1.25. The number of rotatable bonds is 5. The van der Waals surface area contributed by atoms with E-state index in [-0.39, 0.29) is 30.7 Å². The van der Waals surface area contributed by atoms with Crippen molar-refractivity contribution in [1.29, 1.82) is 0 Å². The predicted molar refractivity (Wildman–Crippen MR) is 101 cm³/mol. The summed E-state index contributed by atoms with van der Waals surface area (Å²) in [7, 11) is 3.40. The molecule has 3 amide bonds. The third kappa shape index (κ3) is 3.53. The number of nitrogens with zero attached hydrogens (tertiary/aromatic N) is 5. The fourth-order valence-corrected chi connectivity index (χ4v) is 3.37. The van der Waals surface area contributed by atoms with Gasteiger partial charge < -0.3 is 4.74 Å². The van der Waals surface area contributed by atoms with Gasteiger partial charge in [-0.25, -0.2) is 4.68 Å². The SMILES string of the molecule is Cn1ncnc1NC(=O)COc1cccc2c(C3CCC(=O)NC3=O)nn(C)c12. The molecule has 0 aliphatic carbocycles. The molecule has 1 aromatic carbocycles. The Morgan fingerprint density at radius 3 is 2.86 bits per heavy atom. The van der Waals surface area contributed by atoms with Crippen LogP contribution in [0.1, 0.15) is 24.5 Å². The van der Waals surface area contributed by atoms with Gasteiger partial charge in [-0.1, -0.05) is 12.1 Å². The summed E-state index contributed by atoms with van der Waals surface area (Å²) in [6.07, 6.45) is 2.01. The van der Waals surface area contributed by atoms with Crippen LogP contribution in [0.3, 0.4) is 0 Å². The van der Waals surface area contributed by atoms with Crippen LogP contribution in [0.4, 0.5) is 5.95 Å². The van der Waals surface area contributed by atoms with E-state index in [1.807, 2.05) is 6.07 Å². The normalized spacial score (nSPS) is 16.7. The van der Waals surface area contributed by atoms with Crippen LogP contribution in [-0.2, 0) is 28.5 Å². The zero-order chi connectivity index (χ0) is 20.5. The van der Waals surface area contributed by atoms with E-state index in [0.717, 1.165) is 5.39 Å². The Morgan fingerprint density at radius 2 is 2.14 bits per heavy atom. The molecule has 1 fully saturated rings. The second-order valence-corrected chi connectivity index (χ2v) is 6.71. The van der Waals surface area contributed by atoms with Crippen LogP contribution >= 0.6 is 0 Å². The number of fused-ring (bicyclic) bond motifs is 1. The number of para-hydroxylation sites is 1. The number of amides is 3. The summed E-state index contributed by atoms with van der Waals surface area (Å²) in [6, 6.07) is 5.34. The number of imide groups is 1. The minimum absolute atomic E-state index is 0.231. The quantitative estimate of drug-likeness (QED) is 0.589. The third-order valence-corrected chi connectivity index (χ3v) is 4.75. The van der Waals surface area contributed by atoms with Crippen LogP contribution < -0.4 is 15.4 Å². The Kier molecular flexibility index (Phi) is 4.71. The van der Waals surface area contributed by atoms with Gasteiger partial charge in [0, 0.05) is 25.9 Å². The van der Waals surface area contributed by atoms with E-state index in [2.05, 4.69) is 25.8 Å². The van der Waals surface area contributed by atoms with E-state index < -0.39 is 5.92 Å². The third-order valence-electron chi connectivity index (χ3n) is 4.75.